The van der Waals surface area contributed by atoms with E-state index in [1.807, 2.05) is 42.5 Å². The van der Waals surface area contributed by atoms with Gasteiger partial charge in [0, 0.05) is 12.2 Å². The summed E-state index contributed by atoms with van der Waals surface area (Å²) in [5.74, 6) is -1.17. The zero-order chi connectivity index (χ0) is 22.7. The van der Waals surface area contributed by atoms with E-state index in [0.717, 1.165) is 16.0 Å². The SMILES string of the molecule is COc1ccc([C@H]2C=C([C@@H]3C(=O)NC(=O)N(CCc4ccccc4)C3=O)NN2)cc1OC. The number of carbonyl (C=O) groups excluding carboxylic acids is 3. The topological polar surface area (TPSA) is 109 Å². The van der Waals surface area contributed by atoms with E-state index in [1.165, 1.54) is 0 Å². The van der Waals surface area contributed by atoms with Crippen molar-refractivity contribution in [3.05, 3.63) is 71.4 Å². The molecule has 4 amide bonds. The fourth-order valence-corrected chi connectivity index (χ4v) is 3.80. The molecule has 4 rings (SSSR count). The zero-order valence-corrected chi connectivity index (χ0v) is 17.8. The quantitative estimate of drug-likeness (QED) is 0.567. The van der Waals surface area contributed by atoms with Crippen LogP contribution in [0.5, 0.6) is 11.5 Å². The third kappa shape index (κ3) is 4.15. The van der Waals surface area contributed by atoms with Gasteiger partial charge in [-0.05, 0) is 35.8 Å². The summed E-state index contributed by atoms with van der Waals surface area (Å²) in [5.41, 5.74) is 8.23. The fourth-order valence-electron chi connectivity index (χ4n) is 3.80. The lowest BCUT2D eigenvalue weighted by Gasteiger charge is -2.30. The Morgan fingerprint density at radius 3 is 2.44 bits per heavy atom. The van der Waals surface area contributed by atoms with Gasteiger partial charge < -0.3 is 14.9 Å². The number of carbonyl (C=O) groups is 3. The second-order valence-corrected chi connectivity index (χ2v) is 7.44. The van der Waals surface area contributed by atoms with Crippen molar-refractivity contribution >= 4 is 17.8 Å². The molecule has 1 saturated heterocycles. The minimum absolute atomic E-state index is 0.179. The molecule has 9 nitrogen and oxygen atoms in total. The summed E-state index contributed by atoms with van der Waals surface area (Å²) in [5, 5.41) is 2.29. The molecule has 2 aliphatic rings. The van der Waals surface area contributed by atoms with E-state index in [9.17, 15) is 14.4 Å². The predicted molar refractivity (Wildman–Crippen MR) is 116 cm³/mol. The first-order valence-corrected chi connectivity index (χ1v) is 10.2. The number of hydrazine groups is 1. The van der Waals surface area contributed by atoms with Crippen LogP contribution in [0.25, 0.3) is 0 Å². The summed E-state index contributed by atoms with van der Waals surface area (Å²) in [6.45, 7) is 0.179. The number of rotatable bonds is 7. The smallest absolute Gasteiger partial charge is 0.330 e. The van der Waals surface area contributed by atoms with Crippen molar-refractivity contribution in [1.29, 1.82) is 0 Å². The summed E-state index contributed by atoms with van der Waals surface area (Å²) >= 11 is 0. The first kappa shape index (κ1) is 21.4. The van der Waals surface area contributed by atoms with Gasteiger partial charge in [-0.3, -0.25) is 19.8 Å². The molecule has 0 radical (unpaired) electrons. The molecule has 3 N–H and O–H groups in total. The van der Waals surface area contributed by atoms with Crippen LogP contribution in [0.3, 0.4) is 0 Å². The van der Waals surface area contributed by atoms with Crippen LogP contribution in [0, 0.1) is 5.92 Å². The third-order valence-electron chi connectivity index (χ3n) is 5.51. The van der Waals surface area contributed by atoms with Crippen molar-refractivity contribution in [3.63, 3.8) is 0 Å². The second-order valence-electron chi connectivity index (χ2n) is 7.44. The monoisotopic (exact) mass is 436 g/mol. The van der Waals surface area contributed by atoms with Crippen LogP contribution in [0.15, 0.2) is 60.3 Å². The molecule has 166 valence electrons. The molecule has 0 unspecified atom stereocenters. The normalized spacial score (nSPS) is 20.5. The van der Waals surface area contributed by atoms with Crippen LogP contribution in [0.2, 0.25) is 0 Å². The molecule has 2 aromatic carbocycles. The third-order valence-corrected chi connectivity index (χ3v) is 5.51. The molecule has 2 aliphatic heterocycles. The van der Waals surface area contributed by atoms with Gasteiger partial charge in [-0.1, -0.05) is 36.4 Å². The van der Waals surface area contributed by atoms with Crippen LogP contribution < -0.4 is 25.6 Å². The molecule has 0 aliphatic carbocycles. The zero-order valence-electron chi connectivity index (χ0n) is 17.8. The average molecular weight is 436 g/mol. The number of nitrogens with zero attached hydrogens (tertiary/aromatic N) is 1. The van der Waals surface area contributed by atoms with Gasteiger partial charge in [0.25, 0.3) is 0 Å². The molecule has 2 aromatic rings. The summed E-state index contributed by atoms with van der Waals surface area (Å²) in [6, 6.07) is 14.0. The summed E-state index contributed by atoms with van der Waals surface area (Å²) < 4.78 is 10.6. The van der Waals surface area contributed by atoms with E-state index in [2.05, 4.69) is 16.2 Å². The number of urea groups is 1. The van der Waals surface area contributed by atoms with E-state index >= 15 is 0 Å². The van der Waals surface area contributed by atoms with Crippen molar-refractivity contribution in [2.75, 3.05) is 20.8 Å². The van der Waals surface area contributed by atoms with Gasteiger partial charge in [0.1, 0.15) is 0 Å². The van der Waals surface area contributed by atoms with Gasteiger partial charge in [-0.15, -0.1) is 0 Å². The van der Waals surface area contributed by atoms with Crippen molar-refractivity contribution in [3.8, 4) is 11.5 Å². The molecule has 32 heavy (non-hydrogen) atoms. The minimum Gasteiger partial charge on any atom is -0.493 e. The van der Waals surface area contributed by atoms with E-state index < -0.39 is 23.8 Å². The van der Waals surface area contributed by atoms with E-state index in [-0.39, 0.29) is 12.6 Å². The highest BCUT2D eigenvalue weighted by atomic mass is 16.5. The number of nitrogens with one attached hydrogen (secondary N) is 3. The van der Waals surface area contributed by atoms with Crippen molar-refractivity contribution < 1.29 is 23.9 Å². The number of ether oxygens (including phenoxy) is 2. The van der Waals surface area contributed by atoms with Crippen molar-refractivity contribution in [1.82, 2.24) is 21.1 Å². The highest BCUT2D eigenvalue weighted by Gasteiger charge is 2.43. The molecular weight excluding hydrogens is 412 g/mol. The lowest BCUT2D eigenvalue weighted by Crippen LogP contribution is -2.59. The first-order chi connectivity index (χ1) is 15.5. The molecule has 0 spiro atoms. The molecule has 0 aromatic heterocycles. The Morgan fingerprint density at radius 2 is 1.72 bits per heavy atom. The van der Waals surface area contributed by atoms with Crippen LogP contribution >= 0.6 is 0 Å². The number of methoxy groups -OCH3 is 2. The molecule has 0 bridgehead atoms. The van der Waals surface area contributed by atoms with Crippen LogP contribution in [0.1, 0.15) is 17.2 Å². The Hall–Kier alpha value is -3.85. The number of hydrogen-bond acceptors (Lipinski definition) is 7. The lowest BCUT2D eigenvalue weighted by atomic mass is 9.98. The Labute approximate surface area is 185 Å². The molecular formula is C23H24N4O5. The first-order valence-electron chi connectivity index (χ1n) is 10.2. The maximum absolute atomic E-state index is 13.1. The van der Waals surface area contributed by atoms with E-state index in [1.54, 1.807) is 26.4 Å². The van der Waals surface area contributed by atoms with E-state index in [4.69, 9.17) is 9.47 Å². The van der Waals surface area contributed by atoms with Crippen molar-refractivity contribution in [2.24, 2.45) is 5.92 Å². The van der Waals surface area contributed by atoms with Crippen LogP contribution in [-0.2, 0) is 16.0 Å². The Morgan fingerprint density at radius 1 is 0.969 bits per heavy atom. The largest absolute Gasteiger partial charge is 0.493 e. The number of hydrogen-bond donors (Lipinski definition) is 3. The predicted octanol–water partition coefficient (Wildman–Crippen LogP) is 1.67. The number of imide groups is 2. The highest BCUT2D eigenvalue weighted by Crippen LogP contribution is 2.32. The maximum atomic E-state index is 13.1. The molecule has 9 heteroatoms. The number of barbiturate groups is 1. The lowest BCUT2D eigenvalue weighted by molar-refractivity contribution is -0.141. The highest BCUT2D eigenvalue weighted by molar-refractivity contribution is 6.17. The Kier molecular flexibility index (Phi) is 6.09. The summed E-state index contributed by atoms with van der Waals surface area (Å²) in [7, 11) is 3.11. The fraction of sp³-hybridized carbons (Fsp3) is 0.261. The van der Waals surface area contributed by atoms with Gasteiger partial charge >= 0.3 is 6.03 Å². The summed E-state index contributed by atoms with van der Waals surface area (Å²) in [6.07, 6.45) is 2.26. The average Bonchev–Trinajstić information content (AvgIpc) is 3.28. The molecule has 2 atom stereocenters. The summed E-state index contributed by atoms with van der Waals surface area (Å²) in [4.78, 5) is 39.0. The minimum atomic E-state index is -1.14. The Bertz CT molecular complexity index is 1070. The van der Waals surface area contributed by atoms with Crippen molar-refractivity contribution in [2.45, 2.75) is 12.5 Å². The standard InChI is InChI=1S/C23H24N4O5/c1-31-18-9-8-15(12-19(18)32-2)16-13-17(26-25-16)20-21(28)24-23(30)27(22(20)29)11-10-14-6-4-3-5-7-14/h3-9,12-13,16,20,25-26H,10-11H2,1-2H3,(H,24,28,30)/t16-,20-/m1/s1. The van der Waals surface area contributed by atoms with Gasteiger partial charge in [0.15, 0.2) is 17.4 Å². The molecule has 1 fully saturated rings. The molecule has 0 saturated carbocycles. The van der Waals surface area contributed by atoms with Gasteiger partial charge in [0.05, 0.1) is 20.3 Å². The van der Waals surface area contributed by atoms with Gasteiger partial charge in [-0.2, -0.15) is 0 Å². The van der Waals surface area contributed by atoms with Crippen LogP contribution in [-0.4, -0.2) is 43.5 Å². The van der Waals surface area contributed by atoms with Gasteiger partial charge in [0.2, 0.25) is 11.8 Å². The maximum Gasteiger partial charge on any atom is 0.330 e. The Balaban J connectivity index is 1.52. The second kappa shape index (κ2) is 9.11. The van der Waals surface area contributed by atoms with Gasteiger partial charge in [-0.25, -0.2) is 10.2 Å². The molecule has 2 heterocycles. The number of benzene rings is 2. The van der Waals surface area contributed by atoms with Crippen LogP contribution in [0.4, 0.5) is 4.79 Å². The number of amides is 4. The van der Waals surface area contributed by atoms with E-state index in [0.29, 0.717) is 23.6 Å².